The molecule has 0 bridgehead atoms. The van der Waals surface area contributed by atoms with Crippen LogP contribution in [0, 0.1) is 0 Å². The highest BCUT2D eigenvalue weighted by Crippen LogP contribution is 2.24. The van der Waals surface area contributed by atoms with Gasteiger partial charge in [0.25, 0.3) is 5.56 Å². The summed E-state index contributed by atoms with van der Waals surface area (Å²) in [6.07, 6.45) is 2.99. The second kappa shape index (κ2) is 10.4. The van der Waals surface area contributed by atoms with E-state index in [1.807, 2.05) is 59.9 Å². The van der Waals surface area contributed by atoms with E-state index in [2.05, 4.69) is 22.4 Å². The molecular weight excluding hydrogens is 458 g/mol. The van der Waals surface area contributed by atoms with E-state index in [1.54, 1.807) is 4.57 Å². The average Bonchev–Trinajstić information content (AvgIpc) is 3.24. The predicted octanol–water partition coefficient (Wildman–Crippen LogP) is 4.86. The number of fused-ring (bicyclic) bond motifs is 3. The van der Waals surface area contributed by atoms with Gasteiger partial charge >= 0.3 is 0 Å². The summed E-state index contributed by atoms with van der Waals surface area (Å²) in [6.45, 7) is 4.61. The van der Waals surface area contributed by atoms with Gasteiger partial charge in [-0.2, -0.15) is 0 Å². The van der Waals surface area contributed by atoms with E-state index in [4.69, 9.17) is 11.6 Å². The molecule has 0 aliphatic rings. The summed E-state index contributed by atoms with van der Waals surface area (Å²) >= 11 is 7.54. The van der Waals surface area contributed by atoms with Crippen molar-refractivity contribution >= 4 is 46.0 Å². The molecule has 4 aromatic rings. The first-order valence-electron chi connectivity index (χ1n) is 11.0. The molecule has 1 atom stereocenters. The van der Waals surface area contributed by atoms with Gasteiger partial charge < -0.3 is 5.32 Å². The molecule has 1 N–H and O–H groups in total. The number of nitrogens with zero attached hydrogens (tertiary/aromatic N) is 4. The van der Waals surface area contributed by atoms with Crippen LogP contribution in [0.1, 0.15) is 44.7 Å². The fourth-order valence-electron chi connectivity index (χ4n) is 3.87. The SMILES string of the molecule is CCCCCn1c(=O)c2ccccc2n2c(SCC(=O)NC(C)c3ccccc3Cl)nnc12. The minimum absolute atomic E-state index is 0.0653. The van der Waals surface area contributed by atoms with Crippen LogP contribution in [0.2, 0.25) is 5.02 Å². The first-order valence-corrected chi connectivity index (χ1v) is 12.4. The van der Waals surface area contributed by atoms with Gasteiger partial charge in [0.05, 0.1) is 22.7 Å². The number of aryl methyl sites for hydroxylation is 1. The van der Waals surface area contributed by atoms with Crippen LogP contribution in [-0.2, 0) is 11.3 Å². The molecule has 4 rings (SSSR count). The maximum atomic E-state index is 13.1. The van der Waals surface area contributed by atoms with E-state index in [0.29, 0.717) is 27.9 Å². The van der Waals surface area contributed by atoms with Crippen molar-refractivity contribution in [2.45, 2.75) is 50.9 Å². The summed E-state index contributed by atoms with van der Waals surface area (Å²) in [6, 6.07) is 14.7. The van der Waals surface area contributed by atoms with E-state index in [9.17, 15) is 9.59 Å². The summed E-state index contributed by atoms with van der Waals surface area (Å²) in [7, 11) is 0. The highest BCUT2D eigenvalue weighted by molar-refractivity contribution is 7.99. The van der Waals surface area contributed by atoms with E-state index < -0.39 is 0 Å². The molecule has 33 heavy (non-hydrogen) atoms. The molecule has 1 unspecified atom stereocenters. The lowest BCUT2D eigenvalue weighted by Gasteiger charge is -2.15. The van der Waals surface area contributed by atoms with Crippen molar-refractivity contribution in [2.75, 3.05) is 5.75 Å². The lowest BCUT2D eigenvalue weighted by Crippen LogP contribution is -2.28. The van der Waals surface area contributed by atoms with E-state index in [1.165, 1.54) is 11.8 Å². The Morgan fingerprint density at radius 3 is 2.67 bits per heavy atom. The van der Waals surface area contributed by atoms with Gasteiger partial charge in [-0.25, -0.2) is 0 Å². The Morgan fingerprint density at radius 2 is 1.88 bits per heavy atom. The number of para-hydroxylation sites is 1. The third-order valence-corrected chi connectivity index (χ3v) is 6.82. The van der Waals surface area contributed by atoms with Crippen molar-refractivity contribution in [2.24, 2.45) is 0 Å². The van der Waals surface area contributed by atoms with Crippen molar-refractivity contribution in [3.63, 3.8) is 0 Å². The van der Waals surface area contributed by atoms with Crippen LogP contribution in [0.4, 0.5) is 0 Å². The number of carbonyl (C=O) groups is 1. The van der Waals surface area contributed by atoms with Crippen LogP contribution < -0.4 is 10.9 Å². The number of unbranched alkanes of at least 4 members (excludes halogenated alkanes) is 2. The Bertz CT molecular complexity index is 1350. The van der Waals surface area contributed by atoms with Crippen LogP contribution >= 0.6 is 23.4 Å². The second-order valence-electron chi connectivity index (χ2n) is 7.90. The van der Waals surface area contributed by atoms with E-state index in [-0.39, 0.29) is 23.3 Å². The standard InChI is InChI=1S/C24H26ClN5O2S/c1-3-4-9-14-29-22(32)18-11-6-8-13-20(18)30-23(29)27-28-24(30)33-15-21(31)26-16(2)17-10-5-7-12-19(17)25/h5-8,10-13,16H,3-4,9,14-15H2,1-2H3,(H,26,31). The molecule has 0 radical (unpaired) electrons. The van der Waals surface area contributed by atoms with Crippen molar-refractivity contribution in [3.05, 3.63) is 69.5 Å². The lowest BCUT2D eigenvalue weighted by molar-refractivity contribution is -0.119. The fourth-order valence-corrected chi connectivity index (χ4v) is 4.92. The number of aromatic nitrogens is 4. The number of carbonyl (C=O) groups excluding carboxylic acids is 1. The van der Waals surface area contributed by atoms with Crippen LogP contribution in [-0.4, -0.2) is 30.8 Å². The number of benzene rings is 2. The van der Waals surface area contributed by atoms with Crippen LogP contribution in [0.25, 0.3) is 16.7 Å². The largest absolute Gasteiger partial charge is 0.349 e. The molecule has 0 aliphatic heterocycles. The molecule has 2 heterocycles. The number of nitrogens with one attached hydrogen (secondary N) is 1. The van der Waals surface area contributed by atoms with Crippen LogP contribution in [0.3, 0.4) is 0 Å². The third-order valence-electron chi connectivity index (χ3n) is 5.55. The second-order valence-corrected chi connectivity index (χ2v) is 9.25. The van der Waals surface area contributed by atoms with Gasteiger partial charge in [-0.3, -0.25) is 18.6 Å². The van der Waals surface area contributed by atoms with E-state index >= 15 is 0 Å². The average molecular weight is 484 g/mol. The van der Waals surface area contributed by atoms with Gasteiger partial charge in [0.15, 0.2) is 5.16 Å². The van der Waals surface area contributed by atoms with Crippen LogP contribution in [0.5, 0.6) is 0 Å². The molecular formula is C24H26ClN5O2S. The molecule has 9 heteroatoms. The highest BCUT2D eigenvalue weighted by atomic mass is 35.5. The first kappa shape index (κ1) is 23.3. The Kier molecular flexibility index (Phi) is 7.35. The number of hydrogen-bond acceptors (Lipinski definition) is 5. The van der Waals surface area contributed by atoms with Gasteiger partial charge in [-0.05, 0) is 37.1 Å². The number of thioether (sulfide) groups is 1. The Hall–Kier alpha value is -2.84. The number of hydrogen-bond donors (Lipinski definition) is 1. The Labute approximate surface area is 201 Å². The maximum absolute atomic E-state index is 13.1. The zero-order valence-electron chi connectivity index (χ0n) is 18.6. The zero-order valence-corrected chi connectivity index (χ0v) is 20.2. The quantitative estimate of drug-likeness (QED) is 0.271. The van der Waals surface area contributed by atoms with Crippen molar-refractivity contribution in [1.82, 2.24) is 24.5 Å². The maximum Gasteiger partial charge on any atom is 0.262 e. The zero-order chi connectivity index (χ0) is 23.4. The molecule has 0 fully saturated rings. The molecule has 0 aliphatic carbocycles. The van der Waals surface area contributed by atoms with Gasteiger partial charge in [0.1, 0.15) is 0 Å². The summed E-state index contributed by atoms with van der Waals surface area (Å²) in [5, 5.41) is 13.4. The van der Waals surface area contributed by atoms with Gasteiger partial charge in [-0.15, -0.1) is 10.2 Å². The Balaban J connectivity index is 1.59. The van der Waals surface area contributed by atoms with Crippen LogP contribution in [0.15, 0.2) is 58.5 Å². The summed E-state index contributed by atoms with van der Waals surface area (Å²) in [4.78, 5) is 25.7. The Morgan fingerprint density at radius 1 is 1.12 bits per heavy atom. The molecule has 172 valence electrons. The van der Waals surface area contributed by atoms with Gasteiger partial charge in [0, 0.05) is 11.6 Å². The smallest absolute Gasteiger partial charge is 0.262 e. The van der Waals surface area contributed by atoms with Crippen molar-refractivity contribution < 1.29 is 4.79 Å². The predicted molar refractivity (Wildman–Crippen MR) is 133 cm³/mol. The highest BCUT2D eigenvalue weighted by Gasteiger charge is 2.18. The molecule has 0 saturated carbocycles. The molecule has 2 aromatic carbocycles. The summed E-state index contributed by atoms with van der Waals surface area (Å²) < 4.78 is 3.56. The van der Waals surface area contributed by atoms with Gasteiger partial charge in [-0.1, -0.05) is 73.5 Å². The number of halogens is 1. The monoisotopic (exact) mass is 483 g/mol. The lowest BCUT2D eigenvalue weighted by atomic mass is 10.1. The van der Waals surface area contributed by atoms with Crippen molar-refractivity contribution in [1.29, 1.82) is 0 Å². The molecule has 1 amide bonds. The third kappa shape index (κ3) is 4.91. The molecule has 0 saturated heterocycles. The number of rotatable bonds is 9. The summed E-state index contributed by atoms with van der Waals surface area (Å²) in [5.74, 6) is 0.533. The molecule has 7 nitrogen and oxygen atoms in total. The van der Waals surface area contributed by atoms with Crippen molar-refractivity contribution in [3.8, 4) is 0 Å². The summed E-state index contributed by atoms with van der Waals surface area (Å²) in [5.41, 5.74) is 1.54. The topological polar surface area (TPSA) is 81.3 Å². The minimum Gasteiger partial charge on any atom is -0.349 e. The molecule has 0 spiro atoms. The van der Waals surface area contributed by atoms with Gasteiger partial charge in [0.2, 0.25) is 11.7 Å². The first-order chi connectivity index (χ1) is 16.0. The fraction of sp³-hybridized carbons (Fsp3) is 0.333. The number of amides is 1. The minimum atomic E-state index is -0.216. The van der Waals surface area contributed by atoms with E-state index in [0.717, 1.165) is 30.3 Å². The normalized spacial score (nSPS) is 12.3. The molecule has 2 aromatic heterocycles.